The van der Waals surface area contributed by atoms with Gasteiger partial charge in [-0.3, -0.25) is 14.6 Å². The van der Waals surface area contributed by atoms with Crippen molar-refractivity contribution >= 4 is 5.91 Å². The molecule has 2 heterocycles. The fraction of sp³-hybridized carbons (Fsp3) is 0.222. The van der Waals surface area contributed by atoms with Gasteiger partial charge in [-0.15, -0.1) is 0 Å². The van der Waals surface area contributed by atoms with E-state index in [1.54, 1.807) is 30.5 Å². The van der Waals surface area contributed by atoms with Crippen LogP contribution in [0.4, 0.5) is 4.39 Å². The number of pyridine rings is 1. The minimum atomic E-state index is -0.537. The van der Waals surface area contributed by atoms with Crippen LogP contribution < -0.4 is 10.9 Å². The molecule has 0 fully saturated rings. The van der Waals surface area contributed by atoms with Gasteiger partial charge < -0.3 is 10.3 Å². The molecule has 7 heteroatoms. The van der Waals surface area contributed by atoms with Gasteiger partial charge in [-0.2, -0.15) is 0 Å². The van der Waals surface area contributed by atoms with Crippen molar-refractivity contribution in [2.24, 2.45) is 5.92 Å². The Morgan fingerprint density at radius 2 is 2.24 bits per heavy atom. The second-order valence-electron chi connectivity index (χ2n) is 5.80. The van der Waals surface area contributed by atoms with Gasteiger partial charge in [0.1, 0.15) is 17.1 Å². The Hall–Kier alpha value is -3.09. The number of carbonyl (C=O) groups excluding carboxylic acids is 1. The number of nitrogens with one attached hydrogen (secondary N) is 2. The van der Waals surface area contributed by atoms with Crippen molar-refractivity contribution in [2.45, 2.75) is 19.4 Å². The van der Waals surface area contributed by atoms with Crippen LogP contribution in [0.1, 0.15) is 23.7 Å². The van der Waals surface area contributed by atoms with E-state index in [9.17, 15) is 14.0 Å². The fourth-order valence-electron chi connectivity index (χ4n) is 2.56. The highest BCUT2D eigenvalue weighted by Gasteiger charge is 2.21. The van der Waals surface area contributed by atoms with Crippen LogP contribution in [0.3, 0.4) is 0 Å². The van der Waals surface area contributed by atoms with Crippen molar-refractivity contribution in [1.82, 2.24) is 20.3 Å². The molecule has 6 nitrogen and oxygen atoms in total. The van der Waals surface area contributed by atoms with Gasteiger partial charge in [-0.25, -0.2) is 9.37 Å². The molecule has 1 aliphatic rings. The number of amides is 1. The number of nitrogens with zero attached hydrogens (tertiary/aromatic N) is 2. The first-order chi connectivity index (χ1) is 12.0. The van der Waals surface area contributed by atoms with Crippen molar-refractivity contribution in [1.29, 1.82) is 0 Å². The SMILES string of the molecule is CC(NC(=O)c1cnc(-c2ccccn2)[nH]c1=O)C1C=CC(F)=CC1. The first-order valence-electron chi connectivity index (χ1n) is 7.90. The monoisotopic (exact) mass is 340 g/mol. The summed E-state index contributed by atoms with van der Waals surface area (Å²) >= 11 is 0. The number of carbonyl (C=O) groups is 1. The lowest BCUT2D eigenvalue weighted by atomic mass is 9.93. The van der Waals surface area contributed by atoms with Gasteiger partial charge >= 0.3 is 0 Å². The lowest BCUT2D eigenvalue weighted by molar-refractivity contribution is 0.0930. The maximum absolute atomic E-state index is 13.0. The number of rotatable bonds is 4. The molecule has 0 aromatic carbocycles. The molecule has 2 aromatic rings. The molecule has 0 spiro atoms. The van der Waals surface area contributed by atoms with Crippen LogP contribution in [0.5, 0.6) is 0 Å². The van der Waals surface area contributed by atoms with Gasteiger partial charge in [0.2, 0.25) is 0 Å². The van der Waals surface area contributed by atoms with Gasteiger partial charge in [0.15, 0.2) is 5.82 Å². The average Bonchev–Trinajstić information content (AvgIpc) is 2.62. The lowest BCUT2D eigenvalue weighted by Gasteiger charge is -2.22. The lowest BCUT2D eigenvalue weighted by Crippen LogP contribution is -2.40. The molecule has 1 amide bonds. The molecule has 3 rings (SSSR count). The predicted molar refractivity (Wildman–Crippen MR) is 91.5 cm³/mol. The summed E-state index contributed by atoms with van der Waals surface area (Å²) in [6.45, 7) is 1.81. The third-order valence-corrected chi connectivity index (χ3v) is 4.04. The maximum Gasteiger partial charge on any atom is 0.264 e. The number of aromatic nitrogens is 3. The summed E-state index contributed by atoms with van der Waals surface area (Å²) in [6, 6.07) is 5.00. The Balaban J connectivity index is 1.72. The summed E-state index contributed by atoms with van der Waals surface area (Å²) in [5.41, 5.74) is -0.0976. The summed E-state index contributed by atoms with van der Waals surface area (Å²) in [6.07, 6.45) is 7.90. The van der Waals surface area contributed by atoms with Gasteiger partial charge in [-0.1, -0.05) is 12.1 Å². The van der Waals surface area contributed by atoms with Gasteiger partial charge in [0, 0.05) is 24.4 Å². The summed E-state index contributed by atoms with van der Waals surface area (Å²) in [4.78, 5) is 35.3. The van der Waals surface area contributed by atoms with E-state index in [1.807, 2.05) is 6.92 Å². The van der Waals surface area contributed by atoms with Crippen molar-refractivity contribution < 1.29 is 9.18 Å². The highest BCUT2D eigenvalue weighted by molar-refractivity contribution is 5.93. The quantitative estimate of drug-likeness (QED) is 0.894. The van der Waals surface area contributed by atoms with Gasteiger partial charge in [-0.05, 0) is 37.6 Å². The largest absolute Gasteiger partial charge is 0.349 e. The zero-order chi connectivity index (χ0) is 17.8. The van der Waals surface area contributed by atoms with E-state index in [2.05, 4.69) is 20.3 Å². The van der Waals surface area contributed by atoms with Crippen molar-refractivity contribution in [3.63, 3.8) is 0 Å². The molecule has 128 valence electrons. The maximum atomic E-state index is 13.0. The predicted octanol–water partition coefficient (Wildman–Crippen LogP) is 2.38. The molecule has 2 aromatic heterocycles. The Labute approximate surface area is 143 Å². The van der Waals surface area contributed by atoms with Crippen LogP contribution in [-0.4, -0.2) is 26.9 Å². The summed E-state index contributed by atoms with van der Waals surface area (Å²) < 4.78 is 13.0. The number of allylic oxidation sites excluding steroid dienone is 3. The molecule has 0 bridgehead atoms. The van der Waals surface area contributed by atoms with Crippen LogP contribution in [0.25, 0.3) is 11.5 Å². The standard InChI is InChI=1S/C18H17FN4O2/c1-11(12-5-7-13(19)8-6-12)22-17(24)14-10-21-16(23-18(14)25)15-4-2-3-9-20-15/h2-5,7-12H,6H2,1H3,(H,22,24)(H,21,23,25). The molecule has 0 aliphatic heterocycles. The molecular weight excluding hydrogens is 323 g/mol. The molecule has 0 radical (unpaired) electrons. The zero-order valence-electron chi connectivity index (χ0n) is 13.6. The molecule has 2 N–H and O–H groups in total. The number of hydrogen-bond acceptors (Lipinski definition) is 4. The molecule has 0 saturated heterocycles. The minimum Gasteiger partial charge on any atom is -0.349 e. The smallest absolute Gasteiger partial charge is 0.264 e. The Morgan fingerprint density at radius 3 is 2.88 bits per heavy atom. The first-order valence-corrected chi connectivity index (χ1v) is 7.90. The second-order valence-corrected chi connectivity index (χ2v) is 5.80. The highest BCUT2D eigenvalue weighted by Crippen LogP contribution is 2.20. The van der Waals surface area contributed by atoms with Gasteiger partial charge in [0.05, 0.1) is 0 Å². The van der Waals surface area contributed by atoms with E-state index in [0.717, 1.165) is 0 Å². The van der Waals surface area contributed by atoms with Crippen LogP contribution in [-0.2, 0) is 0 Å². The topological polar surface area (TPSA) is 87.7 Å². The summed E-state index contributed by atoms with van der Waals surface area (Å²) in [5.74, 6) is -0.521. The van der Waals surface area contributed by atoms with Crippen LogP contribution in [0.2, 0.25) is 0 Å². The third-order valence-electron chi connectivity index (χ3n) is 4.04. The van der Waals surface area contributed by atoms with Crippen molar-refractivity contribution in [3.8, 4) is 11.5 Å². The summed E-state index contributed by atoms with van der Waals surface area (Å²) in [7, 11) is 0. The van der Waals surface area contributed by atoms with Crippen molar-refractivity contribution in [2.75, 3.05) is 0 Å². The highest BCUT2D eigenvalue weighted by atomic mass is 19.1. The van der Waals surface area contributed by atoms with Crippen LogP contribution in [0, 0.1) is 5.92 Å². The first kappa shape index (κ1) is 16.8. The number of H-pyrrole nitrogens is 1. The molecule has 25 heavy (non-hydrogen) atoms. The Morgan fingerprint density at radius 1 is 1.40 bits per heavy atom. The second kappa shape index (κ2) is 7.21. The number of halogens is 1. The average molecular weight is 340 g/mol. The third kappa shape index (κ3) is 3.88. The molecule has 2 atom stereocenters. The van der Waals surface area contributed by atoms with Crippen molar-refractivity contribution in [3.05, 3.63) is 70.6 Å². The zero-order valence-corrected chi connectivity index (χ0v) is 13.6. The van der Waals surface area contributed by atoms with E-state index in [4.69, 9.17) is 0 Å². The molecule has 2 unspecified atom stereocenters. The number of aromatic amines is 1. The van der Waals surface area contributed by atoms with Crippen LogP contribution in [0.15, 0.2) is 59.4 Å². The Bertz CT molecular complexity index is 889. The summed E-state index contributed by atoms with van der Waals surface area (Å²) in [5, 5.41) is 2.76. The van der Waals surface area contributed by atoms with E-state index in [1.165, 1.54) is 18.3 Å². The molecular formula is C18H17FN4O2. The Kier molecular flexibility index (Phi) is 4.83. The van der Waals surface area contributed by atoms with E-state index >= 15 is 0 Å². The van der Waals surface area contributed by atoms with E-state index in [-0.39, 0.29) is 23.4 Å². The fourth-order valence-corrected chi connectivity index (χ4v) is 2.56. The van der Waals surface area contributed by atoms with Crippen LogP contribution >= 0.6 is 0 Å². The molecule has 1 aliphatic carbocycles. The van der Waals surface area contributed by atoms with Gasteiger partial charge in [0.25, 0.3) is 11.5 Å². The van der Waals surface area contributed by atoms with E-state index < -0.39 is 11.5 Å². The normalized spacial score (nSPS) is 17.7. The van der Waals surface area contributed by atoms with E-state index in [0.29, 0.717) is 17.9 Å². The minimum absolute atomic E-state index is 0.0247. The molecule has 0 saturated carbocycles. The number of hydrogen-bond donors (Lipinski definition) is 2.